The molecule has 0 aliphatic rings. The lowest BCUT2D eigenvalue weighted by Gasteiger charge is -2.08. The summed E-state index contributed by atoms with van der Waals surface area (Å²) < 4.78 is 12.2. The summed E-state index contributed by atoms with van der Waals surface area (Å²) in [5.74, 6) is 1.16. The molecule has 6 nitrogen and oxygen atoms in total. The van der Waals surface area contributed by atoms with Crippen LogP contribution in [-0.2, 0) is 0 Å². The van der Waals surface area contributed by atoms with Crippen LogP contribution in [0.4, 0.5) is 10.8 Å². The van der Waals surface area contributed by atoms with Crippen LogP contribution < -0.4 is 15.6 Å². The summed E-state index contributed by atoms with van der Waals surface area (Å²) in [7, 11) is 0. The summed E-state index contributed by atoms with van der Waals surface area (Å²) in [5.41, 5.74) is 4.76. The number of ether oxygens (including phenoxy) is 1. The van der Waals surface area contributed by atoms with Gasteiger partial charge >= 0.3 is 0 Å². The molecule has 2 heterocycles. The summed E-state index contributed by atoms with van der Waals surface area (Å²) in [4.78, 5) is 24.3. The summed E-state index contributed by atoms with van der Waals surface area (Å²) >= 11 is 1.42. The molecule has 5 aromatic carbocycles. The minimum absolute atomic E-state index is 0.233. The molecule has 2 aromatic heterocycles. The monoisotopic (exact) mass is 593 g/mol. The second-order valence-corrected chi connectivity index (χ2v) is 11.6. The number of anilines is 1. The van der Waals surface area contributed by atoms with Gasteiger partial charge in [0.2, 0.25) is 5.55 Å². The maximum atomic E-state index is 13.9. The van der Waals surface area contributed by atoms with Crippen LogP contribution in [0.2, 0.25) is 0 Å². The Balaban J connectivity index is 1.23. The third-order valence-electron chi connectivity index (χ3n) is 7.29. The van der Waals surface area contributed by atoms with Crippen LogP contribution >= 0.6 is 11.3 Å². The van der Waals surface area contributed by atoms with E-state index >= 15 is 0 Å². The van der Waals surface area contributed by atoms with Crippen molar-refractivity contribution in [2.24, 2.45) is 4.99 Å². The molecule has 214 valence electrons. The first-order valence-corrected chi connectivity index (χ1v) is 15.0. The smallest absolute Gasteiger partial charge is 0.262 e. The summed E-state index contributed by atoms with van der Waals surface area (Å²) in [6.45, 7) is 4.01. The molecule has 0 saturated heterocycles. The van der Waals surface area contributed by atoms with E-state index in [0.717, 1.165) is 49.4 Å². The zero-order chi connectivity index (χ0) is 30.0. The molecule has 0 fully saturated rings. The fourth-order valence-electron chi connectivity index (χ4n) is 5.05. The van der Waals surface area contributed by atoms with Gasteiger partial charge in [-0.15, -0.1) is 11.3 Å². The van der Waals surface area contributed by atoms with Crippen LogP contribution in [0, 0.1) is 13.8 Å². The van der Waals surface area contributed by atoms with Crippen molar-refractivity contribution in [1.29, 1.82) is 0 Å². The fraction of sp³-hybridized carbons (Fsp3) is 0.0541. The SMILES string of the molecule is Cc1ccc(N=c2oc3ccc4ccccc4c3cc2C(=O)Nc2nc(-c3ccc(Oc4ccccc4)cc3)c(C)s2)cc1. The van der Waals surface area contributed by atoms with Crippen molar-refractivity contribution in [2.75, 3.05) is 5.32 Å². The van der Waals surface area contributed by atoms with E-state index in [1.807, 2.05) is 135 Å². The molecule has 0 aliphatic carbocycles. The number of aromatic nitrogens is 1. The van der Waals surface area contributed by atoms with Crippen molar-refractivity contribution < 1.29 is 13.9 Å². The highest BCUT2D eigenvalue weighted by atomic mass is 32.1. The quantitative estimate of drug-likeness (QED) is 0.195. The van der Waals surface area contributed by atoms with E-state index in [9.17, 15) is 4.79 Å². The van der Waals surface area contributed by atoms with Crippen LogP contribution in [0.15, 0.2) is 131 Å². The number of fused-ring (bicyclic) bond motifs is 3. The average molecular weight is 594 g/mol. The van der Waals surface area contributed by atoms with E-state index in [-0.39, 0.29) is 11.5 Å². The Bertz CT molecular complexity index is 2200. The largest absolute Gasteiger partial charge is 0.457 e. The van der Waals surface area contributed by atoms with Gasteiger partial charge in [-0.05, 0) is 85.3 Å². The lowest BCUT2D eigenvalue weighted by molar-refractivity contribution is 0.102. The minimum Gasteiger partial charge on any atom is -0.457 e. The lowest BCUT2D eigenvalue weighted by atomic mass is 10.0. The van der Waals surface area contributed by atoms with Gasteiger partial charge in [0.25, 0.3) is 5.91 Å². The number of carbonyl (C=O) groups is 1. The number of nitrogens with zero attached hydrogens (tertiary/aromatic N) is 2. The van der Waals surface area contributed by atoms with E-state index in [0.29, 0.717) is 22.0 Å². The van der Waals surface area contributed by atoms with Gasteiger partial charge in [0.05, 0.1) is 11.4 Å². The highest BCUT2D eigenvalue weighted by Crippen LogP contribution is 2.33. The Hall–Kier alpha value is -5.53. The molecular weight excluding hydrogens is 566 g/mol. The number of nitrogens with one attached hydrogen (secondary N) is 1. The topological polar surface area (TPSA) is 76.7 Å². The Kier molecular flexibility index (Phi) is 7.22. The molecule has 7 aromatic rings. The molecule has 0 aliphatic heterocycles. The third kappa shape index (κ3) is 5.61. The second kappa shape index (κ2) is 11.6. The van der Waals surface area contributed by atoms with Gasteiger partial charge in [-0.2, -0.15) is 0 Å². The van der Waals surface area contributed by atoms with E-state index in [1.165, 1.54) is 11.3 Å². The minimum atomic E-state index is -0.346. The molecule has 44 heavy (non-hydrogen) atoms. The maximum Gasteiger partial charge on any atom is 0.262 e. The number of amides is 1. The highest BCUT2D eigenvalue weighted by Gasteiger charge is 2.18. The number of rotatable bonds is 6. The average Bonchev–Trinajstić information content (AvgIpc) is 3.42. The van der Waals surface area contributed by atoms with E-state index in [2.05, 4.69) is 5.32 Å². The molecule has 7 heteroatoms. The Morgan fingerprint density at radius 2 is 1.52 bits per heavy atom. The first kappa shape index (κ1) is 27.3. The molecule has 0 unspecified atom stereocenters. The van der Waals surface area contributed by atoms with E-state index in [1.54, 1.807) is 0 Å². The zero-order valence-electron chi connectivity index (χ0n) is 24.1. The predicted molar refractivity (Wildman–Crippen MR) is 177 cm³/mol. The normalized spacial score (nSPS) is 11.6. The van der Waals surface area contributed by atoms with Crippen LogP contribution in [0.3, 0.4) is 0 Å². The molecule has 0 radical (unpaired) electrons. The van der Waals surface area contributed by atoms with Gasteiger partial charge in [-0.25, -0.2) is 9.98 Å². The van der Waals surface area contributed by atoms with Crippen LogP contribution in [-0.4, -0.2) is 10.9 Å². The number of thiazole rings is 1. The van der Waals surface area contributed by atoms with Gasteiger partial charge in [0, 0.05) is 15.8 Å². The first-order chi connectivity index (χ1) is 21.5. The molecule has 0 spiro atoms. The number of carbonyl (C=O) groups excluding carboxylic acids is 1. The third-order valence-corrected chi connectivity index (χ3v) is 8.18. The van der Waals surface area contributed by atoms with Crippen molar-refractivity contribution >= 4 is 49.8 Å². The zero-order valence-corrected chi connectivity index (χ0v) is 24.9. The molecule has 0 saturated carbocycles. The van der Waals surface area contributed by atoms with Gasteiger partial charge in [-0.3, -0.25) is 10.1 Å². The molecule has 0 bridgehead atoms. The maximum absolute atomic E-state index is 13.9. The predicted octanol–water partition coefficient (Wildman–Crippen LogP) is 9.60. The fourth-order valence-corrected chi connectivity index (χ4v) is 5.88. The van der Waals surface area contributed by atoms with Crippen molar-refractivity contribution in [3.8, 4) is 22.8 Å². The number of para-hydroxylation sites is 1. The molecule has 0 atom stereocenters. The van der Waals surface area contributed by atoms with Crippen molar-refractivity contribution in [3.63, 3.8) is 0 Å². The van der Waals surface area contributed by atoms with Crippen LogP contribution in [0.5, 0.6) is 11.5 Å². The van der Waals surface area contributed by atoms with Gasteiger partial charge in [0.1, 0.15) is 22.6 Å². The van der Waals surface area contributed by atoms with Crippen LogP contribution in [0.25, 0.3) is 33.0 Å². The Morgan fingerprint density at radius 1 is 0.795 bits per heavy atom. The summed E-state index contributed by atoms with van der Waals surface area (Å²) in [6, 6.07) is 39.0. The molecule has 1 N–H and O–H groups in total. The highest BCUT2D eigenvalue weighted by molar-refractivity contribution is 7.16. The molecule has 7 rings (SSSR count). The Morgan fingerprint density at radius 3 is 2.32 bits per heavy atom. The molecular formula is C37H27N3O3S. The van der Waals surface area contributed by atoms with Gasteiger partial charge < -0.3 is 9.15 Å². The Labute approximate surface area is 258 Å². The lowest BCUT2D eigenvalue weighted by Crippen LogP contribution is -2.21. The standard InChI is InChI=1S/C37H27N3O3S/c1-23-12-17-27(18-13-23)38-36-32(22-31-30-11-7-6-8-25(30)16-21-33(31)43-36)35(41)40-37-39-34(24(2)44-37)26-14-19-29(20-15-26)42-28-9-4-3-5-10-28/h3-22H,1-2H3,(H,39,40,41). The van der Waals surface area contributed by atoms with Crippen molar-refractivity contribution in [3.05, 3.63) is 143 Å². The van der Waals surface area contributed by atoms with E-state index < -0.39 is 0 Å². The van der Waals surface area contributed by atoms with Crippen LogP contribution in [0.1, 0.15) is 20.8 Å². The van der Waals surface area contributed by atoms with Crippen molar-refractivity contribution in [2.45, 2.75) is 13.8 Å². The van der Waals surface area contributed by atoms with Crippen molar-refractivity contribution in [1.82, 2.24) is 4.98 Å². The first-order valence-electron chi connectivity index (χ1n) is 14.2. The number of benzene rings is 5. The molecule has 1 amide bonds. The van der Waals surface area contributed by atoms with Gasteiger partial charge in [-0.1, -0.05) is 66.2 Å². The van der Waals surface area contributed by atoms with Gasteiger partial charge in [0.15, 0.2) is 5.13 Å². The number of hydrogen-bond donors (Lipinski definition) is 1. The summed E-state index contributed by atoms with van der Waals surface area (Å²) in [5, 5.41) is 6.39. The van der Waals surface area contributed by atoms with E-state index in [4.69, 9.17) is 19.1 Å². The number of hydrogen-bond acceptors (Lipinski definition) is 6. The summed E-state index contributed by atoms with van der Waals surface area (Å²) in [6.07, 6.45) is 0. The number of aryl methyl sites for hydroxylation is 2. The second-order valence-electron chi connectivity index (χ2n) is 10.4.